The molecule has 0 atom stereocenters. The van der Waals surface area contributed by atoms with Gasteiger partial charge in [-0.3, -0.25) is 0 Å². The molecule has 1 N–H and O–H groups in total. The van der Waals surface area contributed by atoms with E-state index >= 15 is 0 Å². The molecule has 0 aromatic rings. The van der Waals surface area contributed by atoms with E-state index in [9.17, 15) is 5.11 Å². The molecule has 96 valence electrons. The van der Waals surface area contributed by atoms with E-state index in [0.29, 0.717) is 0 Å². The highest BCUT2D eigenvalue weighted by molar-refractivity contribution is 4.71. The second kappa shape index (κ2) is 9.04. The van der Waals surface area contributed by atoms with Crippen LogP contribution in [0.4, 0.5) is 0 Å². The Kier molecular flexibility index (Phi) is 7.92. The van der Waals surface area contributed by atoms with Crippen LogP contribution in [-0.2, 0) is 0 Å². The summed E-state index contributed by atoms with van der Waals surface area (Å²) in [5.41, 5.74) is 0. The van der Waals surface area contributed by atoms with E-state index in [2.05, 4.69) is 6.92 Å². The predicted molar refractivity (Wildman–Crippen MR) is 70.6 cm³/mol. The minimum absolute atomic E-state index is 0.0188. The third kappa shape index (κ3) is 6.52. The lowest BCUT2D eigenvalue weighted by Crippen LogP contribution is -2.17. The summed E-state index contributed by atoms with van der Waals surface area (Å²) >= 11 is 0. The molecule has 0 aromatic heterocycles. The fourth-order valence-corrected chi connectivity index (χ4v) is 2.82. The Morgan fingerprint density at radius 1 is 0.812 bits per heavy atom. The number of aliphatic hydroxyl groups is 1. The van der Waals surface area contributed by atoms with Crippen LogP contribution in [0.25, 0.3) is 0 Å². The number of aliphatic hydroxyl groups excluding tert-OH is 1. The van der Waals surface area contributed by atoms with Crippen molar-refractivity contribution >= 4 is 0 Å². The topological polar surface area (TPSA) is 20.2 Å². The molecule has 0 spiro atoms. The summed E-state index contributed by atoms with van der Waals surface area (Å²) in [4.78, 5) is 0. The van der Waals surface area contributed by atoms with Gasteiger partial charge < -0.3 is 5.11 Å². The van der Waals surface area contributed by atoms with Gasteiger partial charge in [0.2, 0.25) is 0 Å². The molecule has 1 nitrogen and oxygen atoms in total. The molecule has 0 radical (unpaired) electrons. The van der Waals surface area contributed by atoms with Gasteiger partial charge in [0, 0.05) is 0 Å². The SMILES string of the molecule is CCCCCCCCCC1CCC(O)CC1. The molecule has 1 aliphatic carbocycles. The molecule has 1 saturated carbocycles. The molecule has 1 heteroatoms. The second-order valence-corrected chi connectivity index (χ2v) is 5.58. The van der Waals surface area contributed by atoms with E-state index in [4.69, 9.17) is 0 Å². The maximum absolute atomic E-state index is 9.42. The minimum Gasteiger partial charge on any atom is -0.393 e. The van der Waals surface area contributed by atoms with E-state index in [1.165, 1.54) is 64.2 Å². The maximum Gasteiger partial charge on any atom is 0.0540 e. The molecule has 1 aliphatic rings. The van der Waals surface area contributed by atoms with Crippen LogP contribution in [0.15, 0.2) is 0 Å². The first-order valence-corrected chi connectivity index (χ1v) is 7.51. The summed E-state index contributed by atoms with van der Waals surface area (Å²) in [6, 6.07) is 0. The fraction of sp³-hybridized carbons (Fsp3) is 1.00. The third-order valence-electron chi connectivity index (χ3n) is 4.03. The molecule has 0 aliphatic heterocycles. The van der Waals surface area contributed by atoms with Crippen LogP contribution in [0.1, 0.15) is 84.0 Å². The summed E-state index contributed by atoms with van der Waals surface area (Å²) in [6.07, 6.45) is 16.0. The van der Waals surface area contributed by atoms with Gasteiger partial charge in [-0.15, -0.1) is 0 Å². The monoisotopic (exact) mass is 226 g/mol. The molecule has 0 unspecified atom stereocenters. The highest BCUT2D eigenvalue weighted by atomic mass is 16.3. The zero-order valence-corrected chi connectivity index (χ0v) is 11.1. The zero-order valence-electron chi connectivity index (χ0n) is 11.1. The van der Waals surface area contributed by atoms with Crippen molar-refractivity contribution < 1.29 is 5.11 Å². The molecular formula is C15H30O. The van der Waals surface area contributed by atoms with Gasteiger partial charge in [-0.25, -0.2) is 0 Å². The fourth-order valence-electron chi connectivity index (χ4n) is 2.82. The maximum atomic E-state index is 9.42. The zero-order chi connectivity index (χ0) is 11.6. The van der Waals surface area contributed by atoms with E-state index in [1.54, 1.807) is 0 Å². The van der Waals surface area contributed by atoms with Crippen molar-refractivity contribution in [2.24, 2.45) is 5.92 Å². The van der Waals surface area contributed by atoms with Gasteiger partial charge >= 0.3 is 0 Å². The van der Waals surface area contributed by atoms with E-state index < -0.39 is 0 Å². The number of hydrogen-bond acceptors (Lipinski definition) is 1. The van der Waals surface area contributed by atoms with Crippen LogP contribution in [0.2, 0.25) is 0 Å². The van der Waals surface area contributed by atoms with Gasteiger partial charge in [-0.05, 0) is 31.6 Å². The van der Waals surface area contributed by atoms with Crippen molar-refractivity contribution in [3.63, 3.8) is 0 Å². The minimum atomic E-state index is 0.0188. The normalized spacial score (nSPS) is 25.9. The summed E-state index contributed by atoms with van der Waals surface area (Å²) in [6.45, 7) is 2.28. The first kappa shape index (κ1) is 14.0. The first-order valence-electron chi connectivity index (χ1n) is 7.51. The van der Waals surface area contributed by atoms with Crippen molar-refractivity contribution in [2.45, 2.75) is 90.1 Å². The Morgan fingerprint density at radius 3 is 2.00 bits per heavy atom. The van der Waals surface area contributed by atoms with Crippen LogP contribution >= 0.6 is 0 Å². The smallest absolute Gasteiger partial charge is 0.0540 e. The predicted octanol–water partition coefficient (Wildman–Crippen LogP) is 4.68. The van der Waals surface area contributed by atoms with Gasteiger partial charge in [0.1, 0.15) is 0 Å². The van der Waals surface area contributed by atoms with Crippen LogP contribution in [-0.4, -0.2) is 11.2 Å². The Labute approximate surface area is 102 Å². The standard InChI is InChI=1S/C15H30O/c1-2-3-4-5-6-7-8-9-14-10-12-15(16)13-11-14/h14-16H,2-13H2,1H3. The lowest BCUT2D eigenvalue weighted by molar-refractivity contribution is 0.106. The van der Waals surface area contributed by atoms with Crippen molar-refractivity contribution in [1.29, 1.82) is 0 Å². The van der Waals surface area contributed by atoms with Crippen molar-refractivity contribution in [2.75, 3.05) is 0 Å². The number of unbranched alkanes of at least 4 members (excludes halogenated alkanes) is 6. The van der Waals surface area contributed by atoms with Gasteiger partial charge in [0.25, 0.3) is 0 Å². The lowest BCUT2D eigenvalue weighted by atomic mass is 9.84. The van der Waals surface area contributed by atoms with Gasteiger partial charge in [0.05, 0.1) is 6.10 Å². The van der Waals surface area contributed by atoms with Gasteiger partial charge in [0.15, 0.2) is 0 Å². The van der Waals surface area contributed by atoms with Crippen molar-refractivity contribution in [3.05, 3.63) is 0 Å². The molecular weight excluding hydrogens is 196 g/mol. The summed E-state index contributed by atoms with van der Waals surface area (Å²) in [5, 5.41) is 9.42. The van der Waals surface area contributed by atoms with Crippen LogP contribution in [0.5, 0.6) is 0 Å². The molecule has 0 amide bonds. The molecule has 0 bridgehead atoms. The molecule has 1 rings (SSSR count). The van der Waals surface area contributed by atoms with Gasteiger partial charge in [-0.2, -0.15) is 0 Å². The summed E-state index contributed by atoms with van der Waals surface area (Å²) in [5.74, 6) is 0.930. The van der Waals surface area contributed by atoms with Crippen molar-refractivity contribution in [1.82, 2.24) is 0 Å². The lowest BCUT2D eigenvalue weighted by Gasteiger charge is -2.25. The Bertz CT molecular complexity index is 148. The molecule has 0 saturated heterocycles. The van der Waals surface area contributed by atoms with Crippen LogP contribution in [0, 0.1) is 5.92 Å². The molecule has 1 fully saturated rings. The number of rotatable bonds is 8. The first-order chi connectivity index (χ1) is 7.83. The molecule has 0 heterocycles. The number of hydrogen-bond donors (Lipinski definition) is 1. The average molecular weight is 226 g/mol. The van der Waals surface area contributed by atoms with Gasteiger partial charge in [-0.1, -0.05) is 58.3 Å². The Balaban J connectivity index is 1.84. The van der Waals surface area contributed by atoms with Crippen LogP contribution in [0.3, 0.4) is 0 Å². The van der Waals surface area contributed by atoms with E-state index in [1.807, 2.05) is 0 Å². The highest BCUT2D eigenvalue weighted by Crippen LogP contribution is 2.28. The van der Waals surface area contributed by atoms with Crippen LogP contribution < -0.4 is 0 Å². The van der Waals surface area contributed by atoms with Crippen molar-refractivity contribution in [3.8, 4) is 0 Å². The second-order valence-electron chi connectivity index (χ2n) is 5.58. The Morgan fingerprint density at radius 2 is 1.38 bits per heavy atom. The highest BCUT2D eigenvalue weighted by Gasteiger charge is 2.18. The Hall–Kier alpha value is -0.0400. The largest absolute Gasteiger partial charge is 0.393 e. The van der Waals surface area contributed by atoms with E-state index in [-0.39, 0.29) is 6.10 Å². The molecule has 16 heavy (non-hydrogen) atoms. The van der Waals surface area contributed by atoms with E-state index in [0.717, 1.165) is 18.8 Å². The molecule has 0 aromatic carbocycles. The average Bonchev–Trinajstić information content (AvgIpc) is 2.30. The summed E-state index contributed by atoms with van der Waals surface area (Å²) in [7, 11) is 0. The summed E-state index contributed by atoms with van der Waals surface area (Å²) < 4.78 is 0. The quantitative estimate of drug-likeness (QED) is 0.596. The third-order valence-corrected chi connectivity index (χ3v) is 4.03.